The van der Waals surface area contributed by atoms with E-state index in [1.54, 1.807) is 0 Å². The molecule has 0 radical (unpaired) electrons. The lowest BCUT2D eigenvalue weighted by atomic mass is 10.1. The van der Waals surface area contributed by atoms with Gasteiger partial charge in [-0.15, -0.1) is 0 Å². The Morgan fingerprint density at radius 1 is 0.552 bits per heavy atom. The van der Waals surface area contributed by atoms with E-state index < -0.39 is 8.56 Å². The van der Waals surface area contributed by atoms with Crippen LogP contribution in [0.1, 0.15) is 78.1 Å². The van der Waals surface area contributed by atoms with Crippen molar-refractivity contribution in [2.75, 3.05) is 0 Å². The quantitative estimate of drug-likeness (QED) is 0.203. The number of unbranched alkanes of at least 4 members (excludes halogenated alkanes) is 9. The van der Waals surface area contributed by atoms with Gasteiger partial charge in [-0.25, -0.2) is 0 Å². The van der Waals surface area contributed by atoms with E-state index in [1.165, 1.54) is 64.2 Å². The molecule has 0 saturated carbocycles. The van der Waals surface area contributed by atoms with Crippen molar-refractivity contribution in [2.24, 2.45) is 0 Å². The van der Waals surface area contributed by atoms with E-state index in [2.05, 4.69) is 13.8 Å². The highest BCUT2D eigenvalue weighted by Gasteiger charge is 2.39. The molecule has 3 heteroatoms. The van der Waals surface area contributed by atoms with Gasteiger partial charge in [-0.1, -0.05) is 108 Å². The third kappa shape index (κ3) is 9.53. The minimum absolute atomic E-state index is 0.934. The molecule has 2 rings (SSSR count). The highest BCUT2D eigenvalue weighted by atomic mass is 28.4. The molecule has 0 bridgehead atoms. The summed E-state index contributed by atoms with van der Waals surface area (Å²) in [6, 6.07) is 22.4. The van der Waals surface area contributed by atoms with Crippen molar-refractivity contribution in [3.8, 4) is 11.5 Å². The Balaban J connectivity index is 1.82. The van der Waals surface area contributed by atoms with Gasteiger partial charge >= 0.3 is 8.56 Å². The lowest BCUT2D eigenvalue weighted by Crippen LogP contribution is -2.47. The second kappa shape index (κ2) is 14.3. The van der Waals surface area contributed by atoms with Crippen molar-refractivity contribution in [1.29, 1.82) is 0 Å². The maximum Gasteiger partial charge on any atom is 0.460 e. The average molecular weight is 413 g/mol. The molecule has 29 heavy (non-hydrogen) atoms. The minimum Gasteiger partial charge on any atom is -0.512 e. The van der Waals surface area contributed by atoms with Gasteiger partial charge in [0.05, 0.1) is 0 Å². The van der Waals surface area contributed by atoms with Gasteiger partial charge in [-0.05, 0) is 30.7 Å². The van der Waals surface area contributed by atoms with Crippen LogP contribution in [-0.4, -0.2) is 8.56 Å². The van der Waals surface area contributed by atoms with Crippen molar-refractivity contribution < 1.29 is 8.85 Å². The van der Waals surface area contributed by atoms with Crippen LogP contribution in [0.4, 0.5) is 0 Å². The van der Waals surface area contributed by atoms with Crippen LogP contribution < -0.4 is 8.85 Å². The van der Waals surface area contributed by atoms with E-state index in [-0.39, 0.29) is 0 Å². The Morgan fingerprint density at radius 2 is 0.966 bits per heavy atom. The highest BCUT2D eigenvalue weighted by Crippen LogP contribution is 2.28. The normalized spacial score (nSPS) is 11.4. The Morgan fingerprint density at radius 3 is 1.38 bits per heavy atom. The molecule has 0 aliphatic heterocycles. The third-order valence-corrected chi connectivity index (χ3v) is 8.95. The summed E-state index contributed by atoms with van der Waals surface area (Å²) in [5.74, 6) is 1.87. The van der Waals surface area contributed by atoms with Crippen molar-refractivity contribution in [3.63, 3.8) is 0 Å². The van der Waals surface area contributed by atoms with Crippen LogP contribution >= 0.6 is 0 Å². The van der Waals surface area contributed by atoms with Crippen LogP contribution in [0, 0.1) is 0 Å². The Bertz CT molecular complexity index is 588. The number of rotatable bonds is 16. The molecule has 0 saturated heterocycles. The van der Waals surface area contributed by atoms with Crippen LogP contribution in [0.3, 0.4) is 0 Å². The molecule has 0 aliphatic carbocycles. The zero-order chi connectivity index (χ0) is 20.6. The van der Waals surface area contributed by atoms with E-state index in [0.717, 1.165) is 23.6 Å². The molecule has 0 amide bonds. The van der Waals surface area contributed by atoms with Crippen LogP contribution in [0.15, 0.2) is 60.7 Å². The first-order valence-electron chi connectivity index (χ1n) is 11.8. The number of hydrogen-bond donors (Lipinski definition) is 0. The summed E-state index contributed by atoms with van der Waals surface area (Å²) < 4.78 is 13.1. The molecule has 0 aromatic heterocycles. The van der Waals surface area contributed by atoms with Gasteiger partial charge < -0.3 is 8.85 Å². The lowest BCUT2D eigenvalue weighted by molar-refractivity contribution is 0.375. The second-order valence-corrected chi connectivity index (χ2v) is 11.5. The van der Waals surface area contributed by atoms with Gasteiger partial charge in [0.1, 0.15) is 11.5 Å². The molecular formula is C26H40O2Si. The zero-order valence-electron chi connectivity index (χ0n) is 18.6. The maximum atomic E-state index is 6.55. The van der Waals surface area contributed by atoms with E-state index >= 15 is 0 Å². The predicted octanol–water partition coefficient (Wildman–Crippen LogP) is 8.53. The van der Waals surface area contributed by atoms with E-state index in [0.29, 0.717) is 0 Å². The second-order valence-electron chi connectivity index (χ2n) is 8.03. The first kappa shape index (κ1) is 23.5. The molecule has 0 aliphatic rings. The predicted molar refractivity (Wildman–Crippen MR) is 127 cm³/mol. The van der Waals surface area contributed by atoms with Gasteiger partial charge in [-0.2, -0.15) is 0 Å². The summed E-state index contributed by atoms with van der Waals surface area (Å²) in [4.78, 5) is 0. The summed E-state index contributed by atoms with van der Waals surface area (Å²) in [6.07, 6.45) is 13.5. The van der Waals surface area contributed by atoms with Crippen molar-refractivity contribution >= 4 is 8.56 Å². The fourth-order valence-electron chi connectivity index (χ4n) is 3.73. The molecule has 0 atom stereocenters. The Hall–Kier alpha value is -1.74. The molecule has 0 spiro atoms. The Labute approximate surface area is 179 Å². The summed E-state index contributed by atoms with van der Waals surface area (Å²) in [6.45, 7) is 4.50. The number of hydrogen-bond acceptors (Lipinski definition) is 2. The molecule has 160 valence electrons. The Kier molecular flexibility index (Phi) is 11.6. The van der Waals surface area contributed by atoms with E-state index in [1.807, 2.05) is 60.7 Å². The standard InChI is InChI=1S/C26H40O2Si/c1-3-5-6-7-8-9-10-11-12-19-24-29(4-2,27-25-20-15-13-16-21-25)28-26-22-17-14-18-23-26/h13-18,20-23H,3-12,19,24H2,1-2H3. The fraction of sp³-hybridized carbons (Fsp3) is 0.538. The molecule has 2 nitrogen and oxygen atoms in total. The summed E-state index contributed by atoms with van der Waals surface area (Å²) >= 11 is 0. The molecule has 0 fully saturated rings. The number of para-hydroxylation sites is 2. The molecule has 2 aromatic rings. The van der Waals surface area contributed by atoms with Crippen LogP contribution in [0.2, 0.25) is 12.1 Å². The summed E-state index contributed by atoms with van der Waals surface area (Å²) in [5.41, 5.74) is 0. The molecule has 0 unspecified atom stereocenters. The van der Waals surface area contributed by atoms with Crippen LogP contribution in [0.25, 0.3) is 0 Å². The largest absolute Gasteiger partial charge is 0.512 e. The van der Waals surface area contributed by atoms with E-state index in [4.69, 9.17) is 8.85 Å². The molecular weight excluding hydrogens is 372 g/mol. The maximum absolute atomic E-state index is 6.55. The SMILES string of the molecule is CCCCCCCCCCCC[Si](CC)(Oc1ccccc1)Oc1ccccc1. The first-order chi connectivity index (χ1) is 14.3. The lowest BCUT2D eigenvalue weighted by Gasteiger charge is -2.31. The van der Waals surface area contributed by atoms with Crippen molar-refractivity contribution in [3.05, 3.63) is 60.7 Å². The topological polar surface area (TPSA) is 18.5 Å². The molecule has 2 aromatic carbocycles. The van der Waals surface area contributed by atoms with E-state index in [9.17, 15) is 0 Å². The zero-order valence-corrected chi connectivity index (χ0v) is 19.6. The smallest absolute Gasteiger partial charge is 0.460 e. The van der Waals surface area contributed by atoms with Gasteiger partial charge in [0.2, 0.25) is 0 Å². The van der Waals surface area contributed by atoms with Crippen LogP contribution in [0.5, 0.6) is 11.5 Å². The fourth-order valence-corrected chi connectivity index (χ4v) is 6.54. The first-order valence-corrected chi connectivity index (χ1v) is 14.0. The summed E-state index contributed by atoms with van der Waals surface area (Å²) in [5, 5.41) is 0. The highest BCUT2D eigenvalue weighted by molar-refractivity contribution is 6.68. The summed E-state index contributed by atoms with van der Waals surface area (Å²) in [7, 11) is -2.34. The van der Waals surface area contributed by atoms with Crippen molar-refractivity contribution in [2.45, 2.75) is 90.1 Å². The van der Waals surface area contributed by atoms with Gasteiger partial charge in [-0.3, -0.25) is 0 Å². The van der Waals surface area contributed by atoms with Gasteiger partial charge in [0.15, 0.2) is 0 Å². The molecule has 0 N–H and O–H groups in total. The van der Waals surface area contributed by atoms with Gasteiger partial charge in [0, 0.05) is 12.1 Å². The van der Waals surface area contributed by atoms with Crippen LogP contribution in [-0.2, 0) is 0 Å². The number of benzene rings is 2. The molecule has 0 heterocycles. The monoisotopic (exact) mass is 412 g/mol. The minimum atomic E-state index is -2.34. The third-order valence-electron chi connectivity index (χ3n) is 5.54. The average Bonchev–Trinajstić information content (AvgIpc) is 2.76. The van der Waals surface area contributed by atoms with Gasteiger partial charge in [0.25, 0.3) is 0 Å². The van der Waals surface area contributed by atoms with Crippen molar-refractivity contribution in [1.82, 2.24) is 0 Å².